The van der Waals surface area contributed by atoms with Crippen LogP contribution in [0.3, 0.4) is 0 Å². The number of hydrogen-bond acceptors (Lipinski definition) is 4. The Hall–Kier alpha value is -0.550. The van der Waals surface area contributed by atoms with Gasteiger partial charge in [0, 0.05) is 10.6 Å². The van der Waals surface area contributed by atoms with Crippen LogP contribution in [0.15, 0.2) is 4.34 Å². The molecule has 18 heavy (non-hydrogen) atoms. The van der Waals surface area contributed by atoms with E-state index in [9.17, 15) is 4.79 Å². The van der Waals surface area contributed by atoms with Gasteiger partial charge >= 0.3 is 5.97 Å². The average Bonchev–Trinajstić information content (AvgIpc) is 2.64. The maximum absolute atomic E-state index is 10.7. The van der Waals surface area contributed by atoms with Crippen LogP contribution in [0.2, 0.25) is 0 Å². The summed E-state index contributed by atoms with van der Waals surface area (Å²) in [4.78, 5) is 16.0. The molecular formula is C13H21NO2S2. The molecule has 0 unspecified atom stereocenters. The van der Waals surface area contributed by atoms with Crippen LogP contribution in [-0.2, 0) is 11.2 Å². The minimum Gasteiger partial charge on any atom is -0.481 e. The van der Waals surface area contributed by atoms with Crippen LogP contribution < -0.4 is 0 Å². The molecule has 1 aromatic heterocycles. The van der Waals surface area contributed by atoms with E-state index in [0.29, 0.717) is 0 Å². The predicted octanol–water partition coefficient (Wildman–Crippen LogP) is 4.14. The first-order valence-corrected chi connectivity index (χ1v) is 8.24. The largest absolute Gasteiger partial charge is 0.481 e. The number of aryl methyl sites for hydroxylation is 1. The molecule has 0 radical (unpaired) electrons. The van der Waals surface area contributed by atoms with Crippen LogP contribution >= 0.6 is 23.1 Å². The van der Waals surface area contributed by atoms with Crippen molar-refractivity contribution in [1.82, 2.24) is 4.98 Å². The Kier molecular flexibility index (Phi) is 7.35. The molecule has 0 aliphatic rings. The van der Waals surface area contributed by atoms with Crippen molar-refractivity contribution >= 4 is 29.1 Å². The Labute approximate surface area is 117 Å². The molecule has 3 nitrogen and oxygen atoms in total. The summed E-state index contributed by atoms with van der Waals surface area (Å²) < 4.78 is 1.01. The Morgan fingerprint density at radius 3 is 2.72 bits per heavy atom. The van der Waals surface area contributed by atoms with Gasteiger partial charge in [-0.05, 0) is 13.3 Å². The van der Waals surface area contributed by atoms with E-state index in [0.717, 1.165) is 20.7 Å². The molecular weight excluding hydrogens is 266 g/mol. The smallest absolute Gasteiger partial charge is 0.308 e. The molecule has 0 saturated heterocycles. The molecule has 0 atom stereocenters. The predicted molar refractivity (Wildman–Crippen MR) is 77.7 cm³/mol. The fourth-order valence-electron chi connectivity index (χ4n) is 1.63. The number of nitrogens with zero attached hydrogens (tertiary/aromatic N) is 1. The van der Waals surface area contributed by atoms with Crippen molar-refractivity contribution in [2.24, 2.45) is 0 Å². The van der Waals surface area contributed by atoms with E-state index >= 15 is 0 Å². The van der Waals surface area contributed by atoms with Crippen molar-refractivity contribution in [2.75, 3.05) is 5.75 Å². The van der Waals surface area contributed by atoms with Gasteiger partial charge in [-0.15, -0.1) is 11.3 Å². The lowest BCUT2D eigenvalue weighted by molar-refractivity contribution is -0.136. The minimum atomic E-state index is -0.780. The number of carboxylic acids is 1. The molecule has 1 heterocycles. The Morgan fingerprint density at radius 2 is 2.06 bits per heavy atom. The highest BCUT2D eigenvalue weighted by molar-refractivity contribution is 8.01. The second-order valence-corrected chi connectivity index (χ2v) is 6.75. The van der Waals surface area contributed by atoms with Crippen LogP contribution in [0.25, 0.3) is 0 Å². The lowest BCUT2D eigenvalue weighted by Gasteiger charge is -1.98. The summed E-state index contributed by atoms with van der Waals surface area (Å²) in [6, 6.07) is 0. The third-order valence-corrected chi connectivity index (χ3v) is 5.04. The molecule has 0 aromatic carbocycles. The van der Waals surface area contributed by atoms with Gasteiger partial charge in [0.25, 0.3) is 0 Å². The molecule has 0 fully saturated rings. The standard InChI is InChI=1S/C13H21NO2S2/c1-3-4-5-6-7-8-17-13-14-10(2)11(18-13)9-12(15)16/h3-9H2,1-2H3,(H,15,16). The van der Waals surface area contributed by atoms with Gasteiger partial charge < -0.3 is 5.11 Å². The van der Waals surface area contributed by atoms with Crippen molar-refractivity contribution in [3.63, 3.8) is 0 Å². The highest BCUT2D eigenvalue weighted by atomic mass is 32.2. The summed E-state index contributed by atoms with van der Waals surface area (Å²) in [6.45, 7) is 4.11. The molecule has 1 N–H and O–H groups in total. The molecule has 0 spiro atoms. The number of rotatable bonds is 9. The zero-order valence-electron chi connectivity index (χ0n) is 11.1. The minimum absolute atomic E-state index is 0.0978. The van der Waals surface area contributed by atoms with E-state index in [2.05, 4.69) is 11.9 Å². The van der Waals surface area contributed by atoms with Gasteiger partial charge in [-0.2, -0.15) is 0 Å². The topological polar surface area (TPSA) is 50.2 Å². The molecule has 0 aliphatic carbocycles. The highest BCUT2D eigenvalue weighted by Gasteiger charge is 2.10. The van der Waals surface area contributed by atoms with E-state index < -0.39 is 5.97 Å². The molecule has 5 heteroatoms. The molecule has 0 saturated carbocycles. The Bertz CT molecular complexity index is 377. The molecule has 0 aliphatic heterocycles. The van der Waals surface area contributed by atoms with Gasteiger partial charge in [0.2, 0.25) is 0 Å². The van der Waals surface area contributed by atoms with Crippen molar-refractivity contribution < 1.29 is 9.90 Å². The molecule has 1 aromatic rings. The zero-order valence-corrected chi connectivity index (χ0v) is 12.7. The molecule has 0 bridgehead atoms. The summed E-state index contributed by atoms with van der Waals surface area (Å²) in [6.07, 6.45) is 6.52. The van der Waals surface area contributed by atoms with E-state index in [-0.39, 0.29) is 6.42 Å². The monoisotopic (exact) mass is 287 g/mol. The third kappa shape index (κ3) is 5.87. The lowest BCUT2D eigenvalue weighted by Crippen LogP contribution is -1.99. The summed E-state index contributed by atoms with van der Waals surface area (Å²) >= 11 is 3.28. The van der Waals surface area contributed by atoms with Crippen molar-refractivity contribution in [3.8, 4) is 0 Å². The highest BCUT2D eigenvalue weighted by Crippen LogP contribution is 2.28. The van der Waals surface area contributed by atoms with Gasteiger partial charge in [-0.25, -0.2) is 4.98 Å². The maximum atomic E-state index is 10.7. The summed E-state index contributed by atoms with van der Waals surface area (Å²) in [5.41, 5.74) is 0.871. The first-order chi connectivity index (χ1) is 8.63. The average molecular weight is 287 g/mol. The number of thioether (sulfide) groups is 1. The Balaban J connectivity index is 2.28. The summed E-state index contributed by atoms with van der Waals surface area (Å²) in [7, 11) is 0. The van der Waals surface area contributed by atoms with Crippen LogP contribution in [0.1, 0.15) is 49.6 Å². The number of unbranched alkanes of at least 4 members (excludes halogenated alkanes) is 4. The van der Waals surface area contributed by atoms with Crippen molar-refractivity contribution in [2.45, 2.75) is 56.7 Å². The van der Waals surface area contributed by atoms with Gasteiger partial charge in [-0.3, -0.25) is 4.79 Å². The number of carbonyl (C=O) groups is 1. The fourth-order valence-corrected chi connectivity index (χ4v) is 3.92. The summed E-state index contributed by atoms with van der Waals surface area (Å²) in [5.74, 6) is 0.307. The number of aliphatic carboxylic acids is 1. The lowest BCUT2D eigenvalue weighted by atomic mass is 10.2. The maximum Gasteiger partial charge on any atom is 0.308 e. The first kappa shape index (κ1) is 15.5. The van der Waals surface area contributed by atoms with Gasteiger partial charge in [0.05, 0.1) is 12.1 Å². The second kappa shape index (κ2) is 8.53. The van der Waals surface area contributed by atoms with Crippen LogP contribution in [-0.4, -0.2) is 21.8 Å². The SMILES string of the molecule is CCCCCCCSc1nc(C)c(CC(=O)O)s1. The molecule has 1 rings (SSSR count). The number of hydrogen-bond donors (Lipinski definition) is 1. The first-order valence-electron chi connectivity index (χ1n) is 6.44. The van der Waals surface area contributed by atoms with E-state index in [4.69, 9.17) is 5.11 Å². The zero-order chi connectivity index (χ0) is 13.4. The van der Waals surface area contributed by atoms with E-state index in [1.165, 1.54) is 43.4 Å². The van der Waals surface area contributed by atoms with Gasteiger partial charge in [0.15, 0.2) is 0 Å². The van der Waals surface area contributed by atoms with E-state index in [1.807, 2.05) is 6.92 Å². The van der Waals surface area contributed by atoms with Crippen molar-refractivity contribution in [1.29, 1.82) is 0 Å². The van der Waals surface area contributed by atoms with Crippen LogP contribution in [0.4, 0.5) is 0 Å². The van der Waals surface area contributed by atoms with E-state index in [1.54, 1.807) is 11.8 Å². The van der Waals surface area contributed by atoms with Gasteiger partial charge in [0.1, 0.15) is 4.34 Å². The van der Waals surface area contributed by atoms with Crippen molar-refractivity contribution in [3.05, 3.63) is 10.6 Å². The molecule has 0 amide bonds. The third-order valence-electron chi connectivity index (χ3n) is 2.66. The Morgan fingerprint density at radius 1 is 1.33 bits per heavy atom. The number of carboxylic acid groups (broad SMARTS) is 1. The quantitative estimate of drug-likeness (QED) is 0.548. The van der Waals surface area contributed by atoms with Crippen LogP contribution in [0, 0.1) is 6.92 Å². The van der Waals surface area contributed by atoms with Crippen LogP contribution in [0.5, 0.6) is 0 Å². The normalized spacial score (nSPS) is 10.8. The number of aromatic nitrogens is 1. The van der Waals surface area contributed by atoms with Gasteiger partial charge in [-0.1, -0.05) is 44.4 Å². The number of thiazole rings is 1. The fraction of sp³-hybridized carbons (Fsp3) is 0.692. The molecule has 102 valence electrons. The second-order valence-electron chi connectivity index (χ2n) is 4.32. The summed E-state index contributed by atoms with van der Waals surface area (Å²) in [5, 5.41) is 8.77.